The smallest absolute Gasteiger partial charge is 0.351 e. The largest absolute Gasteiger partial charge is 0.416 e. The molecule has 0 saturated heterocycles. The van der Waals surface area contributed by atoms with Gasteiger partial charge in [0.15, 0.2) is 0 Å². The molecule has 0 aliphatic carbocycles. The van der Waals surface area contributed by atoms with E-state index in [1.54, 1.807) is 0 Å². The van der Waals surface area contributed by atoms with Crippen molar-refractivity contribution in [2.45, 2.75) is 12.7 Å². The standard InChI is InChI=1S/C11H14F3N3O/c12-11(13,14)9-3-1-8(2-4-9)7-17(6-5-15)10(16)18/h1-4H,5-7,15H2,(H2,16,18). The molecule has 0 radical (unpaired) electrons. The summed E-state index contributed by atoms with van der Waals surface area (Å²) in [6, 6.07) is 3.92. The maximum atomic E-state index is 12.3. The van der Waals surface area contributed by atoms with E-state index in [9.17, 15) is 18.0 Å². The van der Waals surface area contributed by atoms with Crippen LogP contribution in [0.2, 0.25) is 0 Å². The average Bonchev–Trinajstić information content (AvgIpc) is 2.28. The van der Waals surface area contributed by atoms with Crippen molar-refractivity contribution in [1.29, 1.82) is 0 Å². The van der Waals surface area contributed by atoms with Crippen LogP contribution >= 0.6 is 0 Å². The monoisotopic (exact) mass is 261 g/mol. The quantitative estimate of drug-likeness (QED) is 0.863. The van der Waals surface area contributed by atoms with E-state index in [-0.39, 0.29) is 19.6 Å². The van der Waals surface area contributed by atoms with Crippen LogP contribution in [-0.4, -0.2) is 24.0 Å². The number of primary amides is 1. The van der Waals surface area contributed by atoms with Gasteiger partial charge in [0.25, 0.3) is 0 Å². The summed E-state index contributed by atoms with van der Waals surface area (Å²) in [5, 5.41) is 0. The highest BCUT2D eigenvalue weighted by Crippen LogP contribution is 2.29. The van der Waals surface area contributed by atoms with E-state index in [0.29, 0.717) is 5.56 Å². The molecule has 0 bridgehead atoms. The van der Waals surface area contributed by atoms with Crippen molar-refractivity contribution >= 4 is 6.03 Å². The van der Waals surface area contributed by atoms with Crippen LogP contribution in [0.25, 0.3) is 0 Å². The van der Waals surface area contributed by atoms with E-state index in [1.807, 2.05) is 0 Å². The molecule has 2 amide bonds. The molecule has 4 nitrogen and oxygen atoms in total. The van der Waals surface area contributed by atoms with Gasteiger partial charge in [-0.1, -0.05) is 12.1 Å². The molecule has 0 aliphatic rings. The molecule has 0 aromatic heterocycles. The topological polar surface area (TPSA) is 72.3 Å². The van der Waals surface area contributed by atoms with E-state index in [2.05, 4.69) is 0 Å². The molecule has 1 aromatic rings. The second-order valence-corrected chi connectivity index (χ2v) is 3.74. The molecule has 4 N–H and O–H groups in total. The molecule has 0 atom stereocenters. The third kappa shape index (κ3) is 3.92. The highest BCUT2D eigenvalue weighted by Gasteiger charge is 2.29. The predicted molar refractivity (Wildman–Crippen MR) is 60.5 cm³/mol. The minimum atomic E-state index is -4.36. The lowest BCUT2D eigenvalue weighted by Crippen LogP contribution is -2.38. The zero-order chi connectivity index (χ0) is 13.8. The van der Waals surface area contributed by atoms with E-state index in [4.69, 9.17) is 11.5 Å². The Morgan fingerprint density at radius 2 is 1.78 bits per heavy atom. The number of urea groups is 1. The molecule has 100 valence electrons. The number of benzene rings is 1. The number of amides is 2. The zero-order valence-electron chi connectivity index (χ0n) is 9.57. The van der Waals surface area contributed by atoms with Crippen LogP contribution in [-0.2, 0) is 12.7 Å². The Labute approximate surface area is 102 Å². The molecule has 0 fully saturated rings. The van der Waals surface area contributed by atoms with Crippen LogP contribution in [0.4, 0.5) is 18.0 Å². The third-order valence-corrected chi connectivity index (χ3v) is 2.37. The summed E-state index contributed by atoms with van der Waals surface area (Å²) in [5.41, 5.74) is 10.3. The number of nitrogens with zero attached hydrogens (tertiary/aromatic N) is 1. The fraction of sp³-hybridized carbons (Fsp3) is 0.364. The number of carbonyl (C=O) groups is 1. The highest BCUT2D eigenvalue weighted by atomic mass is 19.4. The van der Waals surface area contributed by atoms with Crippen LogP contribution < -0.4 is 11.5 Å². The molecule has 0 saturated carbocycles. The first-order chi connectivity index (χ1) is 8.34. The summed E-state index contributed by atoms with van der Waals surface area (Å²) in [7, 11) is 0. The lowest BCUT2D eigenvalue weighted by molar-refractivity contribution is -0.137. The number of nitrogens with two attached hydrogens (primary N) is 2. The van der Waals surface area contributed by atoms with Gasteiger partial charge >= 0.3 is 12.2 Å². The Morgan fingerprint density at radius 1 is 1.22 bits per heavy atom. The first kappa shape index (κ1) is 14.3. The average molecular weight is 261 g/mol. The number of alkyl halides is 3. The fourth-order valence-electron chi connectivity index (χ4n) is 1.44. The second kappa shape index (κ2) is 5.72. The summed E-state index contributed by atoms with van der Waals surface area (Å²) in [5.74, 6) is 0. The lowest BCUT2D eigenvalue weighted by Gasteiger charge is -2.19. The molecule has 7 heteroatoms. The van der Waals surface area contributed by atoms with Crippen LogP contribution in [0.1, 0.15) is 11.1 Å². The number of carbonyl (C=O) groups excluding carboxylic acids is 1. The van der Waals surface area contributed by atoms with Crippen LogP contribution in [0, 0.1) is 0 Å². The fourth-order valence-corrected chi connectivity index (χ4v) is 1.44. The third-order valence-electron chi connectivity index (χ3n) is 2.37. The summed E-state index contributed by atoms with van der Waals surface area (Å²) >= 11 is 0. The zero-order valence-corrected chi connectivity index (χ0v) is 9.57. The summed E-state index contributed by atoms with van der Waals surface area (Å²) < 4.78 is 37.0. The maximum absolute atomic E-state index is 12.3. The van der Waals surface area contributed by atoms with Gasteiger partial charge in [0.05, 0.1) is 5.56 Å². The van der Waals surface area contributed by atoms with Gasteiger partial charge in [0.2, 0.25) is 0 Å². The maximum Gasteiger partial charge on any atom is 0.416 e. The van der Waals surface area contributed by atoms with Gasteiger partial charge in [0, 0.05) is 19.6 Å². The molecule has 1 aromatic carbocycles. The van der Waals surface area contributed by atoms with E-state index in [1.165, 1.54) is 17.0 Å². The Hall–Kier alpha value is -1.76. The van der Waals surface area contributed by atoms with Crippen LogP contribution in [0.3, 0.4) is 0 Å². The van der Waals surface area contributed by atoms with Gasteiger partial charge in [-0.15, -0.1) is 0 Å². The Balaban J connectivity index is 2.76. The summed E-state index contributed by atoms with van der Waals surface area (Å²) in [6.45, 7) is 0.643. The van der Waals surface area contributed by atoms with E-state index in [0.717, 1.165) is 12.1 Å². The van der Waals surface area contributed by atoms with Crippen molar-refractivity contribution in [2.75, 3.05) is 13.1 Å². The van der Waals surface area contributed by atoms with Crippen molar-refractivity contribution in [1.82, 2.24) is 4.90 Å². The first-order valence-electron chi connectivity index (χ1n) is 5.25. The Morgan fingerprint density at radius 3 is 2.17 bits per heavy atom. The van der Waals surface area contributed by atoms with Gasteiger partial charge in [-0.05, 0) is 17.7 Å². The Bertz CT molecular complexity index is 403. The first-order valence-corrected chi connectivity index (χ1v) is 5.25. The normalized spacial score (nSPS) is 11.3. The van der Waals surface area contributed by atoms with Gasteiger partial charge in [-0.2, -0.15) is 13.2 Å². The van der Waals surface area contributed by atoms with Crippen LogP contribution in [0.5, 0.6) is 0 Å². The van der Waals surface area contributed by atoms with E-state index >= 15 is 0 Å². The van der Waals surface area contributed by atoms with Crippen molar-refractivity contribution in [2.24, 2.45) is 11.5 Å². The molecule has 0 heterocycles. The van der Waals surface area contributed by atoms with Gasteiger partial charge in [0.1, 0.15) is 0 Å². The SMILES string of the molecule is NCCN(Cc1ccc(C(F)(F)F)cc1)C(N)=O. The molecule has 1 rings (SSSR count). The van der Waals surface area contributed by atoms with Gasteiger partial charge in [-0.3, -0.25) is 0 Å². The molecular weight excluding hydrogens is 247 g/mol. The Kier molecular flexibility index (Phi) is 4.55. The summed E-state index contributed by atoms with van der Waals surface area (Å²) in [4.78, 5) is 12.3. The minimum Gasteiger partial charge on any atom is -0.351 e. The second-order valence-electron chi connectivity index (χ2n) is 3.74. The number of hydrogen-bond donors (Lipinski definition) is 2. The molecule has 0 spiro atoms. The van der Waals surface area contributed by atoms with Crippen LogP contribution in [0.15, 0.2) is 24.3 Å². The lowest BCUT2D eigenvalue weighted by atomic mass is 10.1. The number of hydrogen-bond acceptors (Lipinski definition) is 2. The van der Waals surface area contributed by atoms with Crippen molar-refractivity contribution in [3.8, 4) is 0 Å². The van der Waals surface area contributed by atoms with Crippen molar-refractivity contribution in [3.63, 3.8) is 0 Å². The van der Waals surface area contributed by atoms with Crippen molar-refractivity contribution < 1.29 is 18.0 Å². The number of rotatable bonds is 4. The molecule has 0 unspecified atom stereocenters. The van der Waals surface area contributed by atoms with Crippen molar-refractivity contribution in [3.05, 3.63) is 35.4 Å². The number of halogens is 3. The summed E-state index contributed by atoms with van der Waals surface area (Å²) in [6.07, 6.45) is -4.36. The van der Waals surface area contributed by atoms with E-state index < -0.39 is 17.8 Å². The minimum absolute atomic E-state index is 0.144. The predicted octanol–water partition coefficient (Wildman–Crippen LogP) is 1.54. The molecule has 18 heavy (non-hydrogen) atoms. The highest BCUT2D eigenvalue weighted by molar-refractivity contribution is 5.72. The van der Waals surface area contributed by atoms with Gasteiger partial charge < -0.3 is 16.4 Å². The molecule has 0 aliphatic heterocycles. The van der Waals surface area contributed by atoms with Gasteiger partial charge in [-0.25, -0.2) is 4.79 Å². The molecular formula is C11H14F3N3O.